The van der Waals surface area contributed by atoms with Gasteiger partial charge in [0.2, 0.25) is 0 Å². The first kappa shape index (κ1) is 18.7. The maximum absolute atomic E-state index is 12.6. The number of ether oxygens (including phenoxy) is 3. The summed E-state index contributed by atoms with van der Waals surface area (Å²) in [5, 5.41) is 5.21. The predicted molar refractivity (Wildman–Crippen MR) is 106 cm³/mol. The van der Waals surface area contributed by atoms with Crippen LogP contribution < -0.4 is 19.5 Å². The number of nitrogens with one attached hydrogen (secondary N) is 1. The van der Waals surface area contributed by atoms with E-state index < -0.39 is 0 Å². The van der Waals surface area contributed by atoms with Crippen molar-refractivity contribution in [3.63, 3.8) is 0 Å². The quantitative estimate of drug-likeness (QED) is 0.650. The molecule has 27 heavy (non-hydrogen) atoms. The highest BCUT2D eigenvalue weighted by molar-refractivity contribution is 7.14. The Balaban J connectivity index is 1.81. The van der Waals surface area contributed by atoms with E-state index in [0.29, 0.717) is 28.8 Å². The molecule has 0 radical (unpaired) electrons. The van der Waals surface area contributed by atoms with E-state index in [1.165, 1.54) is 11.3 Å². The van der Waals surface area contributed by atoms with Crippen molar-refractivity contribution in [2.75, 3.05) is 26.1 Å². The molecule has 0 aliphatic heterocycles. The highest BCUT2D eigenvalue weighted by Gasteiger charge is 2.14. The first-order valence-electron chi connectivity index (χ1n) is 8.36. The zero-order valence-corrected chi connectivity index (χ0v) is 16.1. The van der Waals surface area contributed by atoms with Gasteiger partial charge in [-0.25, -0.2) is 4.98 Å². The number of thiazole rings is 1. The number of anilines is 1. The number of nitrogens with zero attached hydrogens (tertiary/aromatic N) is 1. The fourth-order valence-electron chi connectivity index (χ4n) is 2.52. The average molecular weight is 384 g/mol. The number of aromatic nitrogens is 1. The van der Waals surface area contributed by atoms with Crippen molar-refractivity contribution in [3.8, 4) is 28.5 Å². The Morgan fingerprint density at radius 2 is 1.81 bits per heavy atom. The lowest BCUT2D eigenvalue weighted by Gasteiger charge is -2.08. The van der Waals surface area contributed by atoms with Crippen LogP contribution in [-0.4, -0.2) is 31.7 Å². The van der Waals surface area contributed by atoms with Crippen molar-refractivity contribution < 1.29 is 19.0 Å². The Morgan fingerprint density at radius 3 is 2.48 bits per heavy atom. The minimum absolute atomic E-state index is 0.286. The van der Waals surface area contributed by atoms with Gasteiger partial charge in [-0.1, -0.05) is 12.1 Å². The molecule has 1 amide bonds. The predicted octanol–water partition coefficient (Wildman–Crippen LogP) is 4.48. The molecule has 140 valence electrons. The summed E-state index contributed by atoms with van der Waals surface area (Å²) in [5.74, 6) is 1.57. The van der Waals surface area contributed by atoms with Gasteiger partial charge in [-0.2, -0.15) is 0 Å². The lowest BCUT2D eigenvalue weighted by Crippen LogP contribution is -2.12. The van der Waals surface area contributed by atoms with Gasteiger partial charge in [0.25, 0.3) is 5.91 Å². The molecular weight excluding hydrogens is 364 g/mol. The van der Waals surface area contributed by atoms with Crippen molar-refractivity contribution in [1.29, 1.82) is 0 Å². The van der Waals surface area contributed by atoms with Crippen LogP contribution in [0.15, 0.2) is 47.8 Å². The minimum atomic E-state index is -0.286. The molecule has 0 bridgehead atoms. The number of carbonyl (C=O) groups excluding carboxylic acids is 1. The molecule has 0 atom stereocenters. The molecule has 1 aromatic heterocycles. The van der Waals surface area contributed by atoms with Crippen molar-refractivity contribution >= 4 is 22.4 Å². The van der Waals surface area contributed by atoms with Gasteiger partial charge >= 0.3 is 0 Å². The van der Waals surface area contributed by atoms with E-state index in [2.05, 4.69) is 10.3 Å². The largest absolute Gasteiger partial charge is 0.497 e. The molecule has 0 spiro atoms. The normalized spacial score (nSPS) is 10.3. The highest BCUT2D eigenvalue weighted by atomic mass is 32.1. The molecule has 0 saturated carbocycles. The van der Waals surface area contributed by atoms with Crippen molar-refractivity contribution in [1.82, 2.24) is 4.98 Å². The molecule has 2 aromatic carbocycles. The van der Waals surface area contributed by atoms with E-state index >= 15 is 0 Å². The molecular formula is C20H20N2O4S. The molecule has 6 nitrogen and oxygen atoms in total. The van der Waals surface area contributed by atoms with E-state index in [1.54, 1.807) is 32.4 Å². The summed E-state index contributed by atoms with van der Waals surface area (Å²) in [4.78, 5) is 17.1. The van der Waals surface area contributed by atoms with Crippen molar-refractivity contribution in [2.24, 2.45) is 0 Å². The first-order chi connectivity index (χ1) is 13.1. The number of hydrogen-bond donors (Lipinski definition) is 1. The van der Waals surface area contributed by atoms with E-state index in [1.807, 2.05) is 36.6 Å². The summed E-state index contributed by atoms with van der Waals surface area (Å²) < 4.78 is 16.1. The zero-order chi connectivity index (χ0) is 19.2. The standard InChI is InChI=1S/C20H20N2O4S/c1-4-26-18-8-6-5-7-16(18)17-12-27-20(21-17)22-19(23)13-9-14(24-2)11-15(10-13)25-3/h5-12H,4H2,1-3H3,(H,21,22,23). The van der Waals surface area contributed by atoms with Crippen LogP contribution in [-0.2, 0) is 0 Å². The Labute approximate surface area is 161 Å². The van der Waals surface area contributed by atoms with Crippen LogP contribution in [0.1, 0.15) is 17.3 Å². The second kappa shape index (κ2) is 8.55. The number of amides is 1. The van der Waals surface area contributed by atoms with Gasteiger partial charge < -0.3 is 14.2 Å². The summed E-state index contributed by atoms with van der Waals surface area (Å²) in [7, 11) is 3.08. The first-order valence-corrected chi connectivity index (χ1v) is 9.24. The maximum Gasteiger partial charge on any atom is 0.257 e. The molecule has 0 fully saturated rings. The van der Waals surface area contributed by atoms with Crippen LogP contribution in [0.25, 0.3) is 11.3 Å². The number of benzene rings is 2. The van der Waals surface area contributed by atoms with Gasteiger partial charge in [0, 0.05) is 22.6 Å². The molecule has 0 aliphatic rings. The van der Waals surface area contributed by atoms with Gasteiger partial charge in [-0.15, -0.1) is 11.3 Å². The minimum Gasteiger partial charge on any atom is -0.497 e. The van der Waals surface area contributed by atoms with E-state index in [9.17, 15) is 4.79 Å². The summed E-state index contributed by atoms with van der Waals surface area (Å²) in [5.41, 5.74) is 2.07. The Morgan fingerprint density at radius 1 is 1.11 bits per heavy atom. The number of para-hydroxylation sites is 1. The van der Waals surface area contributed by atoms with Crippen LogP contribution in [0.4, 0.5) is 5.13 Å². The third-order valence-electron chi connectivity index (χ3n) is 3.80. The van der Waals surface area contributed by atoms with E-state index in [4.69, 9.17) is 14.2 Å². The maximum atomic E-state index is 12.6. The van der Waals surface area contributed by atoms with Gasteiger partial charge in [0.1, 0.15) is 17.2 Å². The fourth-order valence-corrected chi connectivity index (χ4v) is 3.23. The molecule has 7 heteroatoms. The zero-order valence-electron chi connectivity index (χ0n) is 15.3. The number of hydrogen-bond acceptors (Lipinski definition) is 6. The second-order valence-corrected chi connectivity index (χ2v) is 6.38. The molecule has 3 rings (SSSR count). The average Bonchev–Trinajstić information content (AvgIpc) is 3.16. The second-order valence-electron chi connectivity index (χ2n) is 5.52. The third kappa shape index (κ3) is 4.38. The smallest absolute Gasteiger partial charge is 0.257 e. The Hall–Kier alpha value is -3.06. The van der Waals surface area contributed by atoms with Gasteiger partial charge in [0.05, 0.1) is 26.5 Å². The number of carbonyl (C=O) groups is 1. The molecule has 0 saturated heterocycles. The highest BCUT2D eigenvalue weighted by Crippen LogP contribution is 2.32. The SMILES string of the molecule is CCOc1ccccc1-c1csc(NC(=O)c2cc(OC)cc(OC)c2)n1. The van der Waals surface area contributed by atoms with Crippen LogP contribution in [0, 0.1) is 0 Å². The lowest BCUT2D eigenvalue weighted by atomic mass is 10.1. The van der Waals surface area contributed by atoms with Crippen LogP contribution in [0.2, 0.25) is 0 Å². The summed E-state index contributed by atoms with van der Waals surface area (Å²) in [6.45, 7) is 2.51. The van der Waals surface area contributed by atoms with Gasteiger partial charge in [0.15, 0.2) is 5.13 Å². The summed E-state index contributed by atoms with van der Waals surface area (Å²) in [6.07, 6.45) is 0. The number of methoxy groups -OCH3 is 2. The fraction of sp³-hybridized carbons (Fsp3) is 0.200. The van der Waals surface area contributed by atoms with Gasteiger partial charge in [-0.05, 0) is 31.2 Å². The third-order valence-corrected chi connectivity index (χ3v) is 4.56. The lowest BCUT2D eigenvalue weighted by molar-refractivity contribution is 0.102. The van der Waals surface area contributed by atoms with Crippen molar-refractivity contribution in [2.45, 2.75) is 6.92 Å². The van der Waals surface area contributed by atoms with Crippen molar-refractivity contribution in [3.05, 3.63) is 53.4 Å². The Bertz CT molecular complexity index is 917. The summed E-state index contributed by atoms with van der Waals surface area (Å²) >= 11 is 1.35. The molecule has 3 aromatic rings. The Kier molecular flexibility index (Phi) is 5.93. The molecule has 0 aliphatic carbocycles. The van der Waals surface area contributed by atoms with Gasteiger partial charge in [-0.3, -0.25) is 10.1 Å². The topological polar surface area (TPSA) is 69.7 Å². The van der Waals surface area contributed by atoms with Crippen LogP contribution in [0.3, 0.4) is 0 Å². The van der Waals surface area contributed by atoms with E-state index in [-0.39, 0.29) is 5.91 Å². The molecule has 1 heterocycles. The molecule has 0 unspecified atom stereocenters. The molecule has 1 N–H and O–H groups in total. The monoisotopic (exact) mass is 384 g/mol. The van der Waals surface area contributed by atoms with Crippen LogP contribution >= 0.6 is 11.3 Å². The summed E-state index contributed by atoms with van der Waals surface area (Å²) in [6, 6.07) is 12.7. The van der Waals surface area contributed by atoms with E-state index in [0.717, 1.165) is 17.0 Å². The number of rotatable bonds is 7. The van der Waals surface area contributed by atoms with Crippen LogP contribution in [0.5, 0.6) is 17.2 Å².